The van der Waals surface area contributed by atoms with E-state index in [0.717, 1.165) is 16.7 Å². The van der Waals surface area contributed by atoms with E-state index in [4.69, 9.17) is 9.47 Å². The molecule has 2 fully saturated rings. The number of benzene rings is 3. The summed E-state index contributed by atoms with van der Waals surface area (Å²) in [6.45, 7) is 0.116. The SMILES string of the molecule is COC(=O)[C@@]12CC(c3ccccc3)(c3ccccc3)O[C@]1(O)CN(Cc1ccccc1)C2=O. The standard InChI is InChI=1S/C27H25NO5/c1-32-24(30)25-18-26(21-13-7-3-8-14-21,22-15-9-4-10-16-22)33-27(25,31)19-28(23(25)29)17-20-11-5-2-6-12-20/h2-16,31H,17-19H2,1H3/t25-,27+/m0/s1. The van der Waals surface area contributed by atoms with E-state index in [1.807, 2.05) is 91.0 Å². The zero-order valence-corrected chi connectivity index (χ0v) is 18.3. The Balaban J connectivity index is 1.64. The highest BCUT2D eigenvalue weighted by molar-refractivity contribution is 6.06. The van der Waals surface area contributed by atoms with Crippen molar-refractivity contribution in [1.82, 2.24) is 4.90 Å². The molecule has 6 nitrogen and oxygen atoms in total. The summed E-state index contributed by atoms with van der Waals surface area (Å²) >= 11 is 0. The first-order valence-corrected chi connectivity index (χ1v) is 10.9. The lowest BCUT2D eigenvalue weighted by Crippen LogP contribution is -2.51. The molecule has 0 bridgehead atoms. The van der Waals surface area contributed by atoms with E-state index in [2.05, 4.69) is 0 Å². The second-order valence-corrected chi connectivity index (χ2v) is 8.67. The fourth-order valence-corrected chi connectivity index (χ4v) is 5.26. The van der Waals surface area contributed by atoms with Crippen molar-refractivity contribution in [3.05, 3.63) is 108 Å². The van der Waals surface area contributed by atoms with Crippen LogP contribution in [0.3, 0.4) is 0 Å². The number of β-amino-alcohol motifs (C(OH)–C–C–N with tert-alkyl or cyclic N) is 1. The molecule has 0 spiro atoms. The Hall–Kier alpha value is -3.48. The number of aliphatic hydroxyl groups is 1. The van der Waals surface area contributed by atoms with E-state index in [9.17, 15) is 14.7 Å². The summed E-state index contributed by atoms with van der Waals surface area (Å²) in [6, 6.07) is 28.2. The van der Waals surface area contributed by atoms with Crippen molar-refractivity contribution in [2.75, 3.05) is 13.7 Å². The summed E-state index contributed by atoms with van der Waals surface area (Å²) in [4.78, 5) is 28.6. The average Bonchev–Trinajstić information content (AvgIpc) is 3.25. The van der Waals surface area contributed by atoms with Gasteiger partial charge in [-0.05, 0) is 16.7 Å². The first kappa shape index (κ1) is 21.4. The molecule has 0 aromatic heterocycles. The first-order valence-electron chi connectivity index (χ1n) is 10.9. The summed E-state index contributed by atoms with van der Waals surface area (Å²) < 4.78 is 11.6. The van der Waals surface area contributed by atoms with Crippen LogP contribution in [-0.2, 0) is 31.2 Å². The Bertz CT molecular complexity index is 1130. The summed E-state index contributed by atoms with van der Waals surface area (Å²) in [6.07, 6.45) is -0.0681. The van der Waals surface area contributed by atoms with E-state index in [1.54, 1.807) is 0 Å². The van der Waals surface area contributed by atoms with Crippen LogP contribution < -0.4 is 0 Å². The number of esters is 1. The second kappa shape index (κ2) is 7.83. The lowest BCUT2D eigenvalue weighted by atomic mass is 9.72. The van der Waals surface area contributed by atoms with Gasteiger partial charge >= 0.3 is 5.97 Å². The minimum absolute atomic E-state index is 0.0681. The number of hydrogen-bond acceptors (Lipinski definition) is 5. The van der Waals surface area contributed by atoms with Crippen LogP contribution in [0.25, 0.3) is 0 Å². The van der Waals surface area contributed by atoms with Gasteiger partial charge in [0.05, 0.1) is 13.7 Å². The molecular formula is C27H25NO5. The van der Waals surface area contributed by atoms with Gasteiger partial charge in [-0.15, -0.1) is 0 Å². The normalized spacial score (nSPS) is 25.6. The van der Waals surface area contributed by atoms with Crippen LogP contribution in [0.1, 0.15) is 23.1 Å². The molecule has 33 heavy (non-hydrogen) atoms. The van der Waals surface area contributed by atoms with Crippen molar-refractivity contribution < 1.29 is 24.2 Å². The molecular weight excluding hydrogens is 418 g/mol. The molecule has 0 saturated carbocycles. The zero-order valence-electron chi connectivity index (χ0n) is 18.3. The van der Waals surface area contributed by atoms with Gasteiger partial charge in [0, 0.05) is 13.0 Å². The van der Waals surface area contributed by atoms with E-state index in [0.29, 0.717) is 0 Å². The minimum atomic E-state index is -2.06. The van der Waals surface area contributed by atoms with Crippen LogP contribution in [-0.4, -0.2) is 41.3 Å². The quantitative estimate of drug-likeness (QED) is 0.484. The maximum Gasteiger partial charge on any atom is 0.327 e. The number of ether oxygens (including phenoxy) is 2. The number of methoxy groups -OCH3 is 1. The predicted molar refractivity (Wildman–Crippen MR) is 121 cm³/mol. The zero-order chi connectivity index (χ0) is 23.1. The van der Waals surface area contributed by atoms with Crippen molar-refractivity contribution in [2.45, 2.75) is 24.4 Å². The van der Waals surface area contributed by atoms with Crippen LogP contribution >= 0.6 is 0 Å². The van der Waals surface area contributed by atoms with Crippen LogP contribution in [0, 0.1) is 5.41 Å². The largest absolute Gasteiger partial charge is 0.468 e. The molecule has 3 aromatic carbocycles. The van der Waals surface area contributed by atoms with E-state index in [-0.39, 0.29) is 19.5 Å². The lowest BCUT2D eigenvalue weighted by Gasteiger charge is -2.33. The highest BCUT2D eigenvalue weighted by Gasteiger charge is 2.78. The van der Waals surface area contributed by atoms with Gasteiger partial charge in [0.15, 0.2) is 0 Å². The molecule has 168 valence electrons. The summed E-state index contributed by atoms with van der Waals surface area (Å²) in [5.74, 6) is -3.34. The van der Waals surface area contributed by atoms with E-state index < -0.39 is 28.7 Å². The Morgan fingerprint density at radius 2 is 1.45 bits per heavy atom. The fourth-order valence-electron chi connectivity index (χ4n) is 5.26. The summed E-state index contributed by atoms with van der Waals surface area (Å²) in [7, 11) is 1.23. The van der Waals surface area contributed by atoms with Gasteiger partial charge < -0.3 is 19.5 Å². The van der Waals surface area contributed by atoms with E-state index in [1.165, 1.54) is 12.0 Å². The van der Waals surface area contributed by atoms with Crippen molar-refractivity contribution >= 4 is 11.9 Å². The smallest absolute Gasteiger partial charge is 0.327 e. The molecule has 2 atom stereocenters. The van der Waals surface area contributed by atoms with Gasteiger partial charge in [-0.3, -0.25) is 9.59 Å². The molecule has 1 N–H and O–H groups in total. The highest BCUT2D eigenvalue weighted by atomic mass is 16.7. The summed E-state index contributed by atoms with van der Waals surface area (Å²) in [5.41, 5.74) is -0.677. The monoisotopic (exact) mass is 443 g/mol. The predicted octanol–water partition coefficient (Wildman–Crippen LogP) is 3.24. The van der Waals surface area contributed by atoms with Gasteiger partial charge in [-0.2, -0.15) is 0 Å². The fraction of sp³-hybridized carbons (Fsp3) is 0.259. The highest BCUT2D eigenvalue weighted by Crippen LogP contribution is 2.61. The summed E-state index contributed by atoms with van der Waals surface area (Å²) in [5, 5.41) is 11.9. The molecule has 2 heterocycles. The number of hydrogen-bond donors (Lipinski definition) is 1. The third-order valence-corrected chi connectivity index (χ3v) is 6.81. The second-order valence-electron chi connectivity index (χ2n) is 8.67. The van der Waals surface area contributed by atoms with Gasteiger partial charge in [0.25, 0.3) is 0 Å². The number of rotatable bonds is 5. The Labute approximate surface area is 192 Å². The number of carbonyl (C=O) groups excluding carboxylic acids is 2. The Morgan fingerprint density at radius 3 is 1.97 bits per heavy atom. The molecule has 0 unspecified atom stereocenters. The molecule has 6 heteroatoms. The molecule has 2 saturated heterocycles. The van der Waals surface area contributed by atoms with Gasteiger partial charge in [-0.25, -0.2) is 0 Å². The van der Waals surface area contributed by atoms with E-state index >= 15 is 0 Å². The number of nitrogens with zero attached hydrogens (tertiary/aromatic N) is 1. The Kier molecular flexibility index (Phi) is 5.07. The molecule has 3 aromatic rings. The first-order chi connectivity index (χ1) is 16.0. The van der Waals surface area contributed by atoms with Gasteiger partial charge in [0.1, 0.15) is 5.60 Å². The van der Waals surface area contributed by atoms with Crippen LogP contribution in [0.5, 0.6) is 0 Å². The third kappa shape index (κ3) is 3.09. The number of carbonyl (C=O) groups is 2. The van der Waals surface area contributed by atoms with Crippen LogP contribution in [0.2, 0.25) is 0 Å². The van der Waals surface area contributed by atoms with Gasteiger partial charge in [0.2, 0.25) is 17.1 Å². The van der Waals surface area contributed by atoms with Crippen molar-refractivity contribution in [1.29, 1.82) is 0 Å². The van der Waals surface area contributed by atoms with Crippen LogP contribution in [0.4, 0.5) is 0 Å². The maximum absolute atomic E-state index is 13.9. The maximum atomic E-state index is 13.9. The van der Waals surface area contributed by atoms with Gasteiger partial charge in [-0.1, -0.05) is 91.0 Å². The molecule has 5 rings (SSSR count). The average molecular weight is 443 g/mol. The van der Waals surface area contributed by atoms with Crippen molar-refractivity contribution in [2.24, 2.45) is 5.41 Å². The van der Waals surface area contributed by atoms with Crippen molar-refractivity contribution in [3.8, 4) is 0 Å². The molecule has 1 amide bonds. The molecule has 2 aliphatic rings. The molecule has 0 radical (unpaired) electrons. The molecule has 0 aliphatic carbocycles. The topological polar surface area (TPSA) is 76.1 Å². The number of fused-ring (bicyclic) bond motifs is 1. The van der Waals surface area contributed by atoms with Crippen molar-refractivity contribution in [3.63, 3.8) is 0 Å². The number of likely N-dealkylation sites (tertiary alicyclic amines) is 1. The number of amides is 1. The molecule has 2 aliphatic heterocycles. The lowest BCUT2D eigenvalue weighted by molar-refractivity contribution is -0.239. The minimum Gasteiger partial charge on any atom is -0.468 e. The third-order valence-electron chi connectivity index (χ3n) is 6.81. The Morgan fingerprint density at radius 1 is 0.939 bits per heavy atom. The van der Waals surface area contributed by atoms with Crippen LogP contribution in [0.15, 0.2) is 91.0 Å².